The molecule has 9 heteroatoms. The highest BCUT2D eigenvalue weighted by Crippen LogP contribution is 2.33. The predicted octanol–water partition coefficient (Wildman–Crippen LogP) is 1.01. The van der Waals surface area contributed by atoms with E-state index in [-0.39, 0.29) is 10.2 Å². The van der Waals surface area contributed by atoms with Crippen LogP contribution in [0.2, 0.25) is 0 Å². The fourth-order valence-electron chi connectivity index (χ4n) is 0.879. The van der Waals surface area contributed by atoms with Crippen LogP contribution in [0.1, 0.15) is 12.1 Å². The maximum absolute atomic E-state index is 12.3. The van der Waals surface area contributed by atoms with Crippen molar-refractivity contribution in [3.05, 3.63) is 16.4 Å². The zero-order valence-corrected chi connectivity index (χ0v) is 9.52. The van der Waals surface area contributed by atoms with Crippen LogP contribution in [0.4, 0.5) is 14.5 Å². The first kappa shape index (κ1) is 12.3. The standard InChI is InChI=1S/C6H6BrF2N3O2S/c7-3-4(10)2(15(11,13)14)1-12-5(3)6(8)9/h1,6H,(H2,10,12)(H2,11,13,14). The highest BCUT2D eigenvalue weighted by Gasteiger charge is 2.21. The summed E-state index contributed by atoms with van der Waals surface area (Å²) in [5, 5.41) is 4.80. The number of rotatable bonds is 2. The van der Waals surface area contributed by atoms with Crippen molar-refractivity contribution in [2.24, 2.45) is 5.14 Å². The normalized spacial score (nSPS) is 12.1. The summed E-state index contributed by atoms with van der Waals surface area (Å²) in [4.78, 5) is 2.78. The molecule has 1 rings (SSSR count). The molecule has 0 saturated heterocycles. The zero-order valence-electron chi connectivity index (χ0n) is 7.12. The Morgan fingerprint density at radius 1 is 1.47 bits per heavy atom. The number of pyridine rings is 1. The molecule has 15 heavy (non-hydrogen) atoms. The molecule has 0 bridgehead atoms. The third kappa shape index (κ3) is 2.41. The van der Waals surface area contributed by atoms with Gasteiger partial charge in [-0.2, -0.15) is 0 Å². The topological polar surface area (TPSA) is 99.1 Å². The van der Waals surface area contributed by atoms with E-state index in [1.165, 1.54) is 0 Å². The number of alkyl halides is 2. The highest BCUT2D eigenvalue weighted by molar-refractivity contribution is 9.10. The van der Waals surface area contributed by atoms with E-state index in [9.17, 15) is 17.2 Å². The first-order valence-electron chi connectivity index (χ1n) is 3.50. The zero-order chi connectivity index (χ0) is 11.8. The van der Waals surface area contributed by atoms with Crippen molar-refractivity contribution in [3.8, 4) is 0 Å². The molecule has 0 amide bonds. The predicted molar refractivity (Wildman–Crippen MR) is 52.7 cm³/mol. The van der Waals surface area contributed by atoms with E-state index >= 15 is 0 Å². The number of hydrogen-bond acceptors (Lipinski definition) is 4. The molecule has 1 aromatic heterocycles. The molecule has 0 aliphatic carbocycles. The summed E-state index contributed by atoms with van der Waals surface area (Å²) in [6, 6.07) is 0. The summed E-state index contributed by atoms with van der Waals surface area (Å²) in [6.07, 6.45) is -2.15. The van der Waals surface area contributed by atoms with Crippen molar-refractivity contribution >= 4 is 31.6 Å². The molecule has 5 nitrogen and oxygen atoms in total. The monoisotopic (exact) mass is 301 g/mol. The molecule has 1 aromatic rings. The van der Waals surface area contributed by atoms with Crippen molar-refractivity contribution in [1.29, 1.82) is 0 Å². The van der Waals surface area contributed by atoms with Gasteiger partial charge in [0.2, 0.25) is 10.0 Å². The van der Waals surface area contributed by atoms with Crippen molar-refractivity contribution < 1.29 is 17.2 Å². The number of nitrogens with two attached hydrogens (primary N) is 2. The second kappa shape index (κ2) is 3.99. The van der Waals surface area contributed by atoms with Gasteiger partial charge in [-0.05, 0) is 15.9 Å². The molecule has 84 valence electrons. The average molecular weight is 302 g/mol. The molecular formula is C6H6BrF2N3O2S. The van der Waals surface area contributed by atoms with Crippen LogP contribution in [0.25, 0.3) is 0 Å². The van der Waals surface area contributed by atoms with Crippen LogP contribution in [-0.4, -0.2) is 13.4 Å². The second-order valence-corrected chi connectivity index (χ2v) is 4.90. The summed E-state index contributed by atoms with van der Waals surface area (Å²) in [5.74, 6) is 0. The number of nitrogens with zero attached hydrogens (tertiary/aromatic N) is 1. The van der Waals surface area contributed by atoms with Gasteiger partial charge >= 0.3 is 0 Å². The molecule has 0 spiro atoms. The second-order valence-electron chi connectivity index (χ2n) is 2.58. The van der Waals surface area contributed by atoms with Gasteiger partial charge in [-0.3, -0.25) is 4.98 Å². The Kier molecular flexibility index (Phi) is 3.26. The first-order chi connectivity index (χ1) is 6.75. The van der Waals surface area contributed by atoms with Gasteiger partial charge in [0, 0.05) is 6.20 Å². The Hall–Kier alpha value is -0.800. The van der Waals surface area contributed by atoms with Gasteiger partial charge < -0.3 is 5.73 Å². The fourth-order valence-corrected chi connectivity index (χ4v) is 2.11. The van der Waals surface area contributed by atoms with Crippen LogP contribution < -0.4 is 10.9 Å². The van der Waals surface area contributed by atoms with Gasteiger partial charge in [-0.15, -0.1) is 0 Å². The van der Waals surface area contributed by atoms with Gasteiger partial charge in [0.05, 0.1) is 10.2 Å². The van der Waals surface area contributed by atoms with Crippen molar-refractivity contribution in [2.45, 2.75) is 11.3 Å². The number of primary sulfonamides is 1. The van der Waals surface area contributed by atoms with Crippen LogP contribution in [-0.2, 0) is 10.0 Å². The third-order valence-corrected chi connectivity index (χ3v) is 3.33. The van der Waals surface area contributed by atoms with Crippen LogP contribution in [0.5, 0.6) is 0 Å². The number of sulfonamides is 1. The summed E-state index contributed by atoms with van der Waals surface area (Å²) in [5.41, 5.74) is 4.33. The minimum Gasteiger partial charge on any atom is -0.397 e. The molecule has 0 saturated carbocycles. The molecule has 0 atom stereocenters. The van der Waals surface area contributed by atoms with E-state index < -0.39 is 27.0 Å². The maximum Gasteiger partial charge on any atom is 0.281 e. The van der Waals surface area contributed by atoms with Crippen molar-refractivity contribution in [1.82, 2.24) is 4.98 Å². The van der Waals surface area contributed by atoms with E-state index in [0.29, 0.717) is 6.20 Å². The Balaban J connectivity index is 3.48. The summed E-state index contributed by atoms with van der Waals surface area (Å²) < 4.78 is 46.2. The maximum atomic E-state index is 12.3. The number of halogens is 3. The lowest BCUT2D eigenvalue weighted by Crippen LogP contribution is -2.15. The number of anilines is 1. The first-order valence-corrected chi connectivity index (χ1v) is 5.84. The minimum absolute atomic E-state index is 0.260. The lowest BCUT2D eigenvalue weighted by molar-refractivity contribution is 0.145. The molecule has 0 fully saturated rings. The molecule has 1 heterocycles. The number of aromatic nitrogens is 1. The molecule has 0 aromatic carbocycles. The molecule has 0 radical (unpaired) electrons. The summed E-state index contributed by atoms with van der Waals surface area (Å²) in [7, 11) is -4.06. The molecule has 4 N–H and O–H groups in total. The number of hydrogen-bond donors (Lipinski definition) is 2. The quantitative estimate of drug-likeness (QED) is 0.851. The molecule has 0 aliphatic rings. The van der Waals surface area contributed by atoms with Gasteiger partial charge in [0.1, 0.15) is 10.6 Å². The Morgan fingerprint density at radius 3 is 2.40 bits per heavy atom. The highest BCUT2D eigenvalue weighted by atomic mass is 79.9. The lowest BCUT2D eigenvalue weighted by Gasteiger charge is -2.08. The van der Waals surface area contributed by atoms with Crippen LogP contribution >= 0.6 is 15.9 Å². The SMILES string of the molecule is Nc1c(S(N)(=O)=O)cnc(C(F)F)c1Br. The molecule has 0 unspecified atom stereocenters. The van der Waals surface area contributed by atoms with Crippen LogP contribution in [0, 0.1) is 0 Å². The van der Waals surface area contributed by atoms with E-state index in [4.69, 9.17) is 10.9 Å². The Morgan fingerprint density at radius 2 is 2.00 bits per heavy atom. The van der Waals surface area contributed by atoms with E-state index in [1.807, 2.05) is 0 Å². The average Bonchev–Trinajstić information content (AvgIpc) is 2.06. The van der Waals surface area contributed by atoms with E-state index in [1.54, 1.807) is 0 Å². The number of nitrogen functional groups attached to an aromatic ring is 1. The van der Waals surface area contributed by atoms with Gasteiger partial charge in [0.25, 0.3) is 6.43 Å². The van der Waals surface area contributed by atoms with E-state index in [2.05, 4.69) is 20.9 Å². The van der Waals surface area contributed by atoms with Crippen molar-refractivity contribution in [2.75, 3.05) is 5.73 Å². The van der Waals surface area contributed by atoms with Crippen LogP contribution in [0.3, 0.4) is 0 Å². The smallest absolute Gasteiger partial charge is 0.281 e. The Labute approximate surface area is 92.7 Å². The van der Waals surface area contributed by atoms with Gasteiger partial charge in [0.15, 0.2) is 0 Å². The van der Waals surface area contributed by atoms with Crippen molar-refractivity contribution in [3.63, 3.8) is 0 Å². The minimum atomic E-state index is -4.06. The molecule has 0 aliphatic heterocycles. The fraction of sp³-hybridized carbons (Fsp3) is 0.167. The van der Waals surface area contributed by atoms with Gasteiger partial charge in [-0.25, -0.2) is 22.3 Å². The summed E-state index contributed by atoms with van der Waals surface area (Å²) >= 11 is 2.74. The van der Waals surface area contributed by atoms with E-state index in [0.717, 1.165) is 0 Å². The largest absolute Gasteiger partial charge is 0.397 e. The van der Waals surface area contributed by atoms with Gasteiger partial charge in [-0.1, -0.05) is 0 Å². The third-order valence-electron chi connectivity index (χ3n) is 1.56. The lowest BCUT2D eigenvalue weighted by atomic mass is 10.3. The molecular weight excluding hydrogens is 296 g/mol. The Bertz CT molecular complexity index is 491. The summed E-state index contributed by atoms with van der Waals surface area (Å²) in [6.45, 7) is 0. The van der Waals surface area contributed by atoms with Crippen LogP contribution in [0.15, 0.2) is 15.6 Å².